The summed E-state index contributed by atoms with van der Waals surface area (Å²) in [5.41, 5.74) is 0.229. The molecule has 2 nitrogen and oxygen atoms in total. The number of ketones is 2. The standard InChI is InChI=1S/C19H26O2/c1-18-9-7-13(20)11-12(18)3-4-14-15-5-6-17(21)19(15,2)10-8-16(14)18/h5-6,12,14-16H,3-4,7-11H2,1-2H3/t12-,14+,15+,16-,18-,19+/m0/s1. The topological polar surface area (TPSA) is 34.1 Å². The molecule has 3 saturated carbocycles. The van der Waals surface area contributed by atoms with Crippen molar-refractivity contribution in [2.24, 2.45) is 34.5 Å². The maximum Gasteiger partial charge on any atom is 0.161 e. The van der Waals surface area contributed by atoms with Gasteiger partial charge in [-0.25, -0.2) is 0 Å². The summed E-state index contributed by atoms with van der Waals surface area (Å²) < 4.78 is 0. The van der Waals surface area contributed by atoms with Crippen LogP contribution in [0.3, 0.4) is 0 Å². The number of hydrogen-bond acceptors (Lipinski definition) is 2. The molecule has 0 aromatic heterocycles. The minimum Gasteiger partial charge on any atom is -0.300 e. The van der Waals surface area contributed by atoms with Gasteiger partial charge in [-0.05, 0) is 67.3 Å². The lowest BCUT2D eigenvalue weighted by Gasteiger charge is -2.59. The van der Waals surface area contributed by atoms with E-state index in [2.05, 4.69) is 19.9 Å². The van der Waals surface area contributed by atoms with Crippen LogP contribution in [0.25, 0.3) is 0 Å². The van der Waals surface area contributed by atoms with Gasteiger partial charge in [0.2, 0.25) is 0 Å². The van der Waals surface area contributed by atoms with Crippen molar-refractivity contribution >= 4 is 11.6 Å². The van der Waals surface area contributed by atoms with Crippen molar-refractivity contribution in [2.45, 2.75) is 58.8 Å². The summed E-state index contributed by atoms with van der Waals surface area (Å²) in [6.07, 6.45) is 11.4. The molecule has 4 aliphatic carbocycles. The van der Waals surface area contributed by atoms with Gasteiger partial charge in [-0.1, -0.05) is 19.9 Å². The number of rotatable bonds is 0. The van der Waals surface area contributed by atoms with E-state index in [1.807, 2.05) is 6.08 Å². The lowest BCUT2D eigenvalue weighted by Crippen LogP contribution is -2.53. The lowest BCUT2D eigenvalue weighted by molar-refractivity contribution is -0.142. The Balaban J connectivity index is 1.67. The van der Waals surface area contributed by atoms with Gasteiger partial charge in [0.05, 0.1) is 0 Å². The summed E-state index contributed by atoms with van der Waals surface area (Å²) in [5.74, 6) is 3.29. The molecule has 0 heterocycles. The first kappa shape index (κ1) is 13.7. The van der Waals surface area contributed by atoms with Gasteiger partial charge in [-0.3, -0.25) is 9.59 Å². The molecular formula is C19H26O2. The molecule has 0 N–H and O–H groups in total. The predicted molar refractivity (Wildman–Crippen MR) is 81.6 cm³/mol. The predicted octanol–water partition coefficient (Wildman–Crippen LogP) is 3.94. The zero-order valence-corrected chi connectivity index (χ0v) is 13.2. The molecule has 114 valence electrons. The minimum atomic E-state index is -0.116. The number of carbonyl (C=O) groups is 2. The molecule has 0 unspecified atom stereocenters. The van der Waals surface area contributed by atoms with E-state index in [-0.39, 0.29) is 5.41 Å². The zero-order valence-electron chi connectivity index (χ0n) is 13.2. The smallest absolute Gasteiger partial charge is 0.161 e. The number of fused-ring (bicyclic) bond motifs is 5. The third-order valence-electron chi connectivity index (χ3n) is 7.75. The molecule has 0 bridgehead atoms. The molecule has 0 spiro atoms. The minimum absolute atomic E-state index is 0.116. The summed E-state index contributed by atoms with van der Waals surface area (Å²) in [5, 5.41) is 0. The number of hydrogen-bond donors (Lipinski definition) is 0. The molecule has 6 atom stereocenters. The Hall–Kier alpha value is -0.920. The zero-order chi connectivity index (χ0) is 14.8. The van der Waals surface area contributed by atoms with Crippen molar-refractivity contribution in [3.63, 3.8) is 0 Å². The van der Waals surface area contributed by atoms with Crippen molar-refractivity contribution in [2.75, 3.05) is 0 Å². The first-order valence-electron chi connectivity index (χ1n) is 8.69. The van der Waals surface area contributed by atoms with E-state index < -0.39 is 0 Å². The molecule has 0 saturated heterocycles. The van der Waals surface area contributed by atoms with Gasteiger partial charge in [0.1, 0.15) is 5.78 Å². The first-order valence-corrected chi connectivity index (χ1v) is 8.69. The van der Waals surface area contributed by atoms with Crippen LogP contribution < -0.4 is 0 Å². The average Bonchev–Trinajstić information content (AvgIpc) is 2.76. The van der Waals surface area contributed by atoms with Crippen LogP contribution in [-0.2, 0) is 9.59 Å². The molecule has 2 heteroatoms. The molecule has 21 heavy (non-hydrogen) atoms. The van der Waals surface area contributed by atoms with Crippen molar-refractivity contribution < 1.29 is 9.59 Å². The fourth-order valence-electron chi connectivity index (χ4n) is 6.32. The van der Waals surface area contributed by atoms with Crippen molar-refractivity contribution in [3.8, 4) is 0 Å². The summed E-state index contributed by atoms with van der Waals surface area (Å²) in [7, 11) is 0. The van der Waals surface area contributed by atoms with Crippen molar-refractivity contribution in [1.82, 2.24) is 0 Å². The van der Waals surface area contributed by atoms with E-state index in [0.29, 0.717) is 34.7 Å². The van der Waals surface area contributed by atoms with Crippen LogP contribution in [0.1, 0.15) is 58.8 Å². The maximum atomic E-state index is 12.3. The fourth-order valence-corrected chi connectivity index (χ4v) is 6.32. The molecule has 4 rings (SSSR count). The van der Waals surface area contributed by atoms with Gasteiger partial charge in [0, 0.05) is 18.3 Å². The van der Waals surface area contributed by atoms with E-state index in [4.69, 9.17) is 0 Å². The van der Waals surface area contributed by atoms with Gasteiger partial charge in [0.15, 0.2) is 5.78 Å². The molecule has 0 aromatic rings. The Labute approximate surface area is 127 Å². The number of carbonyl (C=O) groups excluding carboxylic acids is 2. The summed E-state index contributed by atoms with van der Waals surface area (Å²) in [6, 6.07) is 0. The van der Waals surface area contributed by atoms with Crippen LogP contribution in [0, 0.1) is 34.5 Å². The largest absolute Gasteiger partial charge is 0.300 e. The van der Waals surface area contributed by atoms with Gasteiger partial charge >= 0.3 is 0 Å². The molecule has 3 fully saturated rings. The second-order valence-corrected chi connectivity index (χ2v) is 8.50. The van der Waals surface area contributed by atoms with Crippen molar-refractivity contribution in [3.05, 3.63) is 12.2 Å². The molecule has 0 aliphatic heterocycles. The maximum absolute atomic E-state index is 12.3. The highest BCUT2D eigenvalue weighted by Crippen LogP contribution is 2.63. The number of Topliss-reactive ketones (excluding diaryl/α,β-unsaturated/α-hetero) is 1. The third-order valence-corrected chi connectivity index (χ3v) is 7.75. The lowest BCUT2D eigenvalue weighted by atomic mass is 9.45. The van der Waals surface area contributed by atoms with Gasteiger partial charge in [-0.2, -0.15) is 0 Å². The molecule has 0 radical (unpaired) electrons. The van der Waals surface area contributed by atoms with E-state index >= 15 is 0 Å². The van der Waals surface area contributed by atoms with E-state index in [9.17, 15) is 9.59 Å². The van der Waals surface area contributed by atoms with Crippen LogP contribution >= 0.6 is 0 Å². The van der Waals surface area contributed by atoms with Crippen LogP contribution in [0.2, 0.25) is 0 Å². The highest BCUT2D eigenvalue weighted by atomic mass is 16.1. The Kier molecular flexibility index (Phi) is 2.81. The fraction of sp³-hybridized carbons (Fsp3) is 0.789. The quantitative estimate of drug-likeness (QED) is 0.676. The summed E-state index contributed by atoms with van der Waals surface area (Å²) in [4.78, 5) is 24.1. The van der Waals surface area contributed by atoms with Crippen LogP contribution in [0.4, 0.5) is 0 Å². The van der Waals surface area contributed by atoms with E-state index in [1.54, 1.807) is 0 Å². The second-order valence-electron chi connectivity index (χ2n) is 8.50. The summed E-state index contributed by atoms with van der Waals surface area (Å²) >= 11 is 0. The van der Waals surface area contributed by atoms with E-state index in [0.717, 1.165) is 31.6 Å². The summed E-state index contributed by atoms with van der Waals surface area (Å²) in [6.45, 7) is 4.64. The highest BCUT2D eigenvalue weighted by Gasteiger charge is 2.58. The van der Waals surface area contributed by atoms with Crippen LogP contribution in [0.5, 0.6) is 0 Å². The van der Waals surface area contributed by atoms with Gasteiger partial charge in [-0.15, -0.1) is 0 Å². The average molecular weight is 286 g/mol. The Morgan fingerprint density at radius 3 is 2.71 bits per heavy atom. The Morgan fingerprint density at radius 2 is 1.90 bits per heavy atom. The second kappa shape index (κ2) is 4.30. The monoisotopic (exact) mass is 286 g/mol. The molecule has 0 amide bonds. The van der Waals surface area contributed by atoms with Crippen molar-refractivity contribution in [1.29, 1.82) is 0 Å². The molecule has 4 aliphatic rings. The van der Waals surface area contributed by atoms with Crippen LogP contribution in [0.15, 0.2) is 12.2 Å². The normalized spacial score (nSPS) is 52.3. The highest BCUT2D eigenvalue weighted by molar-refractivity contribution is 5.97. The first-order chi connectivity index (χ1) is 9.95. The van der Waals surface area contributed by atoms with E-state index in [1.165, 1.54) is 19.3 Å². The Bertz CT molecular complexity index is 534. The molecular weight excluding hydrogens is 260 g/mol. The third kappa shape index (κ3) is 1.71. The number of allylic oxidation sites excluding steroid dienone is 2. The van der Waals surface area contributed by atoms with Gasteiger partial charge < -0.3 is 0 Å². The Morgan fingerprint density at radius 1 is 1.10 bits per heavy atom. The SMILES string of the molecule is C[C@]12CCC(=O)C[C@@H]1CC[C@@H]1[C@H]3C=CC(=O)[C@]3(C)CC[C@@H]12. The molecule has 0 aromatic carbocycles. The van der Waals surface area contributed by atoms with Gasteiger partial charge in [0.25, 0.3) is 0 Å². The van der Waals surface area contributed by atoms with Crippen LogP contribution in [-0.4, -0.2) is 11.6 Å².